The Morgan fingerprint density at radius 2 is 1.65 bits per heavy atom. The molecule has 0 saturated carbocycles. The van der Waals surface area contributed by atoms with Crippen molar-refractivity contribution in [3.05, 3.63) is 29.3 Å². The zero-order chi connectivity index (χ0) is 17.0. The first-order valence-corrected chi connectivity index (χ1v) is 7.77. The van der Waals surface area contributed by atoms with Crippen LogP contribution >= 0.6 is 0 Å². The molecule has 1 heterocycles. The van der Waals surface area contributed by atoms with E-state index in [4.69, 9.17) is 0 Å². The Kier molecular flexibility index (Phi) is 5.36. The summed E-state index contributed by atoms with van der Waals surface area (Å²) in [5, 5.41) is 2.80. The van der Waals surface area contributed by atoms with Crippen molar-refractivity contribution in [2.45, 2.75) is 27.2 Å². The van der Waals surface area contributed by atoms with Crippen LogP contribution in [-0.2, 0) is 14.4 Å². The van der Waals surface area contributed by atoms with Crippen LogP contribution in [0.25, 0.3) is 0 Å². The average Bonchev–Trinajstić information content (AvgIpc) is 2.51. The number of benzene rings is 1. The van der Waals surface area contributed by atoms with Crippen molar-refractivity contribution in [3.8, 4) is 0 Å². The summed E-state index contributed by atoms with van der Waals surface area (Å²) >= 11 is 0. The number of aryl methyl sites for hydroxylation is 2. The van der Waals surface area contributed by atoms with E-state index in [1.54, 1.807) is 9.80 Å². The number of amides is 3. The molecule has 1 fully saturated rings. The van der Waals surface area contributed by atoms with Gasteiger partial charge in [0.1, 0.15) is 6.42 Å². The quantitative estimate of drug-likeness (QED) is 0.855. The lowest BCUT2D eigenvalue weighted by Crippen LogP contribution is -2.50. The fraction of sp³-hybridized carbons (Fsp3) is 0.471. The Balaban J connectivity index is 1.87. The number of carbonyl (C=O) groups is 3. The predicted molar refractivity (Wildman–Crippen MR) is 88.0 cm³/mol. The van der Waals surface area contributed by atoms with Gasteiger partial charge in [-0.2, -0.15) is 0 Å². The molecule has 6 heteroatoms. The molecule has 0 aromatic heterocycles. The van der Waals surface area contributed by atoms with Gasteiger partial charge in [0.15, 0.2) is 0 Å². The van der Waals surface area contributed by atoms with Gasteiger partial charge in [0.05, 0.1) is 0 Å². The SMILES string of the molecule is CC(=O)N1CCN(C(=O)CC(=O)Nc2cc(C)ccc2C)CC1. The summed E-state index contributed by atoms with van der Waals surface area (Å²) in [7, 11) is 0. The minimum atomic E-state index is -0.308. The number of hydrogen-bond donors (Lipinski definition) is 1. The normalized spacial score (nSPS) is 14.6. The molecular formula is C17H23N3O3. The molecule has 0 spiro atoms. The van der Waals surface area contributed by atoms with Crippen LogP contribution in [0.2, 0.25) is 0 Å². The molecular weight excluding hydrogens is 294 g/mol. The molecule has 1 aromatic rings. The van der Waals surface area contributed by atoms with Crippen molar-refractivity contribution in [3.63, 3.8) is 0 Å². The van der Waals surface area contributed by atoms with Gasteiger partial charge in [-0.05, 0) is 31.0 Å². The van der Waals surface area contributed by atoms with E-state index in [2.05, 4.69) is 5.32 Å². The summed E-state index contributed by atoms with van der Waals surface area (Å²) < 4.78 is 0. The van der Waals surface area contributed by atoms with Crippen LogP contribution in [0.15, 0.2) is 18.2 Å². The van der Waals surface area contributed by atoms with Crippen LogP contribution in [0, 0.1) is 13.8 Å². The van der Waals surface area contributed by atoms with Crippen molar-refractivity contribution in [1.82, 2.24) is 9.80 Å². The Morgan fingerprint density at radius 1 is 1.04 bits per heavy atom. The second-order valence-electron chi connectivity index (χ2n) is 5.93. The van der Waals surface area contributed by atoms with Crippen LogP contribution in [0.4, 0.5) is 5.69 Å². The Bertz CT molecular complexity index is 620. The van der Waals surface area contributed by atoms with E-state index in [0.29, 0.717) is 26.2 Å². The van der Waals surface area contributed by atoms with Gasteiger partial charge in [0.25, 0.3) is 0 Å². The van der Waals surface area contributed by atoms with Gasteiger partial charge in [-0.15, -0.1) is 0 Å². The van der Waals surface area contributed by atoms with E-state index in [-0.39, 0.29) is 24.1 Å². The monoisotopic (exact) mass is 317 g/mol. The maximum Gasteiger partial charge on any atom is 0.233 e. The molecule has 23 heavy (non-hydrogen) atoms. The van der Waals surface area contributed by atoms with Crippen LogP contribution < -0.4 is 5.32 Å². The van der Waals surface area contributed by atoms with E-state index >= 15 is 0 Å². The van der Waals surface area contributed by atoms with E-state index in [9.17, 15) is 14.4 Å². The summed E-state index contributed by atoms with van der Waals surface area (Å²) in [6.07, 6.45) is -0.173. The van der Waals surface area contributed by atoms with Gasteiger partial charge in [-0.1, -0.05) is 12.1 Å². The van der Waals surface area contributed by atoms with E-state index in [0.717, 1.165) is 16.8 Å². The molecule has 0 bridgehead atoms. The third-order valence-electron chi connectivity index (χ3n) is 4.06. The minimum absolute atomic E-state index is 0.0183. The molecule has 6 nitrogen and oxygen atoms in total. The van der Waals surface area contributed by atoms with Crippen molar-refractivity contribution in [2.24, 2.45) is 0 Å². The largest absolute Gasteiger partial charge is 0.339 e. The highest BCUT2D eigenvalue weighted by molar-refractivity contribution is 6.03. The Labute approximate surface area is 136 Å². The number of piperazine rings is 1. The fourth-order valence-corrected chi connectivity index (χ4v) is 2.58. The highest BCUT2D eigenvalue weighted by Gasteiger charge is 2.23. The molecule has 0 unspecified atom stereocenters. The van der Waals surface area contributed by atoms with Crippen LogP contribution in [0.5, 0.6) is 0 Å². The highest BCUT2D eigenvalue weighted by Crippen LogP contribution is 2.16. The molecule has 1 saturated heterocycles. The highest BCUT2D eigenvalue weighted by atomic mass is 16.2. The first-order chi connectivity index (χ1) is 10.9. The van der Waals surface area contributed by atoms with Gasteiger partial charge < -0.3 is 15.1 Å². The first kappa shape index (κ1) is 17.0. The zero-order valence-corrected chi connectivity index (χ0v) is 13.9. The van der Waals surface area contributed by atoms with Crippen molar-refractivity contribution in [2.75, 3.05) is 31.5 Å². The molecule has 124 valence electrons. The van der Waals surface area contributed by atoms with Gasteiger partial charge in [0, 0.05) is 38.8 Å². The maximum absolute atomic E-state index is 12.2. The lowest BCUT2D eigenvalue weighted by molar-refractivity contribution is -0.140. The smallest absolute Gasteiger partial charge is 0.233 e. The molecule has 0 radical (unpaired) electrons. The van der Waals surface area contributed by atoms with Gasteiger partial charge in [-0.25, -0.2) is 0 Å². The Hall–Kier alpha value is -2.37. The molecule has 1 aliphatic heterocycles. The molecule has 1 aliphatic rings. The number of rotatable bonds is 3. The van der Waals surface area contributed by atoms with Gasteiger partial charge >= 0.3 is 0 Å². The standard InChI is InChI=1S/C17H23N3O3/c1-12-4-5-13(2)15(10-12)18-16(22)11-17(23)20-8-6-19(7-9-20)14(3)21/h4-5,10H,6-9,11H2,1-3H3,(H,18,22). The lowest BCUT2D eigenvalue weighted by Gasteiger charge is -2.34. The Morgan fingerprint density at radius 3 is 2.26 bits per heavy atom. The zero-order valence-electron chi connectivity index (χ0n) is 13.9. The van der Waals surface area contributed by atoms with Gasteiger partial charge in [0.2, 0.25) is 17.7 Å². The van der Waals surface area contributed by atoms with Crippen LogP contribution in [-0.4, -0.2) is 53.7 Å². The summed E-state index contributed by atoms with van der Waals surface area (Å²) in [5.41, 5.74) is 2.76. The number of nitrogens with zero attached hydrogens (tertiary/aromatic N) is 2. The number of carbonyl (C=O) groups excluding carboxylic acids is 3. The maximum atomic E-state index is 12.2. The molecule has 1 N–H and O–H groups in total. The first-order valence-electron chi connectivity index (χ1n) is 7.77. The number of nitrogens with one attached hydrogen (secondary N) is 1. The van der Waals surface area contributed by atoms with Crippen LogP contribution in [0.1, 0.15) is 24.5 Å². The molecule has 1 aromatic carbocycles. The molecule has 3 amide bonds. The van der Waals surface area contributed by atoms with E-state index < -0.39 is 0 Å². The number of hydrogen-bond acceptors (Lipinski definition) is 3. The summed E-state index contributed by atoms with van der Waals surface area (Å²) in [6.45, 7) is 7.41. The summed E-state index contributed by atoms with van der Waals surface area (Å²) in [6, 6.07) is 5.81. The van der Waals surface area contributed by atoms with Crippen molar-refractivity contribution >= 4 is 23.4 Å². The lowest BCUT2D eigenvalue weighted by atomic mass is 10.1. The second kappa shape index (κ2) is 7.26. The van der Waals surface area contributed by atoms with Crippen LogP contribution in [0.3, 0.4) is 0 Å². The molecule has 0 aliphatic carbocycles. The van der Waals surface area contributed by atoms with E-state index in [1.807, 2.05) is 32.0 Å². The second-order valence-corrected chi connectivity index (χ2v) is 5.93. The van der Waals surface area contributed by atoms with Gasteiger partial charge in [-0.3, -0.25) is 14.4 Å². The molecule has 2 rings (SSSR count). The average molecular weight is 317 g/mol. The van der Waals surface area contributed by atoms with Crippen molar-refractivity contribution < 1.29 is 14.4 Å². The van der Waals surface area contributed by atoms with Crippen molar-refractivity contribution in [1.29, 1.82) is 0 Å². The topological polar surface area (TPSA) is 69.7 Å². The third-order valence-corrected chi connectivity index (χ3v) is 4.06. The molecule has 0 atom stereocenters. The fourth-order valence-electron chi connectivity index (χ4n) is 2.58. The van der Waals surface area contributed by atoms with E-state index in [1.165, 1.54) is 6.92 Å². The number of anilines is 1. The summed E-state index contributed by atoms with van der Waals surface area (Å²) in [4.78, 5) is 38.9. The predicted octanol–water partition coefficient (Wildman–Crippen LogP) is 1.32. The third kappa shape index (κ3) is 4.55. The summed E-state index contributed by atoms with van der Waals surface area (Å²) in [5.74, 6) is -0.488. The minimum Gasteiger partial charge on any atom is -0.339 e.